The number of aliphatic carboxylic acids is 1. The molecule has 7 nitrogen and oxygen atoms in total. The normalized spacial score (nSPS) is 10.8. The summed E-state index contributed by atoms with van der Waals surface area (Å²) in [5, 5.41) is 20.2. The molecule has 0 aliphatic carbocycles. The van der Waals surface area contributed by atoms with E-state index in [2.05, 4.69) is 11.8 Å². The van der Waals surface area contributed by atoms with Crippen molar-refractivity contribution in [3.63, 3.8) is 0 Å². The molecule has 2 aromatic carbocycles. The van der Waals surface area contributed by atoms with Crippen LogP contribution in [0.5, 0.6) is 0 Å². The van der Waals surface area contributed by atoms with E-state index < -0.39 is 23.1 Å². The van der Waals surface area contributed by atoms with Gasteiger partial charge in [0.15, 0.2) is 0 Å². The number of carbonyl (C=O) groups is 2. The maximum Gasteiger partial charge on any atom is 0.372 e. The van der Waals surface area contributed by atoms with Crippen molar-refractivity contribution < 1.29 is 19.6 Å². The van der Waals surface area contributed by atoms with E-state index in [-0.39, 0.29) is 11.3 Å². The Kier molecular flexibility index (Phi) is 7.83. The van der Waals surface area contributed by atoms with Gasteiger partial charge in [0.2, 0.25) is 5.78 Å². The molecule has 0 saturated heterocycles. The topological polar surface area (TPSA) is 101 Å². The van der Waals surface area contributed by atoms with Crippen LogP contribution in [0.1, 0.15) is 30.0 Å². The van der Waals surface area contributed by atoms with Crippen LogP contribution in [0.2, 0.25) is 0 Å². The summed E-state index contributed by atoms with van der Waals surface area (Å²) < 4.78 is 0. The van der Waals surface area contributed by atoms with Crippen molar-refractivity contribution in [2.75, 3.05) is 13.1 Å². The average molecular weight is 384 g/mol. The standard InChI is InChI=1S/C21H24N2O5/c1-2-12-22(15-16-7-4-3-5-8-16)13-11-17-9-6-10-19(23(27)28)18(17)14-20(24)21(25)26/h3-10H,2,11-15H2,1H3,(H,25,26). The Bertz CT molecular complexity index is 836. The lowest BCUT2D eigenvalue weighted by molar-refractivity contribution is -0.385. The van der Waals surface area contributed by atoms with E-state index in [1.165, 1.54) is 11.6 Å². The highest BCUT2D eigenvalue weighted by Crippen LogP contribution is 2.24. The third kappa shape index (κ3) is 5.99. The molecular weight excluding hydrogens is 360 g/mol. The van der Waals surface area contributed by atoms with E-state index in [4.69, 9.17) is 5.11 Å². The predicted octanol–water partition coefficient (Wildman–Crippen LogP) is 3.25. The van der Waals surface area contributed by atoms with Gasteiger partial charge in [-0.15, -0.1) is 0 Å². The molecule has 0 fully saturated rings. The van der Waals surface area contributed by atoms with Crippen LogP contribution in [-0.2, 0) is 29.0 Å². The first-order chi connectivity index (χ1) is 13.4. The van der Waals surface area contributed by atoms with Gasteiger partial charge < -0.3 is 5.11 Å². The molecule has 0 aliphatic rings. The third-order valence-corrected chi connectivity index (χ3v) is 4.51. The minimum atomic E-state index is -1.58. The van der Waals surface area contributed by atoms with Crippen molar-refractivity contribution in [3.8, 4) is 0 Å². The molecule has 0 aliphatic heterocycles. The van der Waals surface area contributed by atoms with Crippen molar-refractivity contribution in [3.05, 3.63) is 75.3 Å². The molecule has 2 aromatic rings. The lowest BCUT2D eigenvalue weighted by atomic mass is 9.97. The number of rotatable bonds is 11. The molecule has 7 heteroatoms. The summed E-state index contributed by atoms with van der Waals surface area (Å²) in [6, 6.07) is 14.6. The lowest BCUT2D eigenvalue weighted by Crippen LogP contribution is -2.27. The molecule has 0 bridgehead atoms. The van der Waals surface area contributed by atoms with Crippen molar-refractivity contribution in [2.45, 2.75) is 32.7 Å². The molecule has 0 heterocycles. The zero-order valence-electron chi connectivity index (χ0n) is 15.8. The van der Waals surface area contributed by atoms with E-state index in [0.29, 0.717) is 18.5 Å². The van der Waals surface area contributed by atoms with Crippen LogP contribution in [0.25, 0.3) is 0 Å². The summed E-state index contributed by atoms with van der Waals surface area (Å²) >= 11 is 0. The van der Waals surface area contributed by atoms with Crippen LogP contribution in [-0.4, -0.2) is 39.8 Å². The van der Waals surface area contributed by atoms with Gasteiger partial charge in [0, 0.05) is 24.7 Å². The predicted molar refractivity (Wildman–Crippen MR) is 105 cm³/mol. The second kappa shape index (κ2) is 10.3. The summed E-state index contributed by atoms with van der Waals surface area (Å²) in [7, 11) is 0. The van der Waals surface area contributed by atoms with Crippen LogP contribution in [0.3, 0.4) is 0 Å². The number of benzene rings is 2. The first-order valence-corrected chi connectivity index (χ1v) is 9.20. The molecule has 0 aromatic heterocycles. The van der Waals surface area contributed by atoms with E-state index >= 15 is 0 Å². The molecule has 28 heavy (non-hydrogen) atoms. The number of nitro groups is 1. The second-order valence-corrected chi connectivity index (χ2v) is 6.59. The largest absolute Gasteiger partial charge is 0.475 e. The van der Waals surface area contributed by atoms with Crippen LogP contribution < -0.4 is 0 Å². The van der Waals surface area contributed by atoms with Gasteiger partial charge in [0.05, 0.1) is 11.3 Å². The Morgan fingerprint density at radius 3 is 2.39 bits per heavy atom. The highest BCUT2D eigenvalue weighted by atomic mass is 16.6. The number of ketones is 1. The van der Waals surface area contributed by atoms with Crippen LogP contribution in [0.4, 0.5) is 5.69 Å². The molecule has 0 saturated carbocycles. The number of hydrogen-bond donors (Lipinski definition) is 1. The summed E-state index contributed by atoms with van der Waals surface area (Å²) in [6.45, 7) is 4.36. The summed E-state index contributed by atoms with van der Waals surface area (Å²) in [6.07, 6.45) is 0.983. The molecule has 0 amide bonds. The number of carboxylic acid groups (broad SMARTS) is 1. The van der Waals surface area contributed by atoms with Gasteiger partial charge in [-0.3, -0.25) is 19.8 Å². The van der Waals surface area contributed by atoms with Gasteiger partial charge in [-0.1, -0.05) is 49.4 Å². The monoisotopic (exact) mass is 384 g/mol. The van der Waals surface area contributed by atoms with Crippen LogP contribution >= 0.6 is 0 Å². The maximum atomic E-state index is 11.7. The van der Waals surface area contributed by atoms with E-state index in [1.807, 2.05) is 30.3 Å². The number of Topliss-reactive ketones (excluding diaryl/α,β-unsaturated/α-hetero) is 1. The van der Waals surface area contributed by atoms with Gasteiger partial charge in [-0.25, -0.2) is 4.79 Å². The molecule has 0 radical (unpaired) electrons. The van der Waals surface area contributed by atoms with Gasteiger partial charge in [0.25, 0.3) is 5.69 Å². The summed E-state index contributed by atoms with van der Waals surface area (Å²) in [4.78, 5) is 35.6. The fourth-order valence-corrected chi connectivity index (χ4v) is 3.17. The lowest BCUT2D eigenvalue weighted by Gasteiger charge is -2.22. The fraction of sp³-hybridized carbons (Fsp3) is 0.333. The Labute approximate surface area is 163 Å². The van der Waals surface area contributed by atoms with Crippen molar-refractivity contribution in [1.82, 2.24) is 4.90 Å². The Morgan fingerprint density at radius 2 is 1.79 bits per heavy atom. The van der Waals surface area contributed by atoms with Crippen molar-refractivity contribution >= 4 is 17.4 Å². The zero-order chi connectivity index (χ0) is 20.5. The minimum Gasteiger partial charge on any atom is -0.475 e. The molecule has 0 atom stereocenters. The maximum absolute atomic E-state index is 11.7. The fourth-order valence-electron chi connectivity index (χ4n) is 3.17. The number of nitro benzene ring substituents is 1. The summed E-state index contributed by atoms with van der Waals surface area (Å²) in [5.41, 5.74) is 1.79. The SMILES string of the molecule is CCCN(CCc1cccc([N+](=O)[O-])c1CC(=O)C(=O)O)Cc1ccccc1. The summed E-state index contributed by atoms with van der Waals surface area (Å²) in [5.74, 6) is -2.63. The Morgan fingerprint density at radius 1 is 1.07 bits per heavy atom. The average Bonchev–Trinajstić information content (AvgIpc) is 2.67. The molecule has 148 valence electrons. The van der Waals surface area contributed by atoms with Gasteiger partial charge in [-0.2, -0.15) is 0 Å². The van der Waals surface area contributed by atoms with Gasteiger partial charge >= 0.3 is 5.97 Å². The molecule has 1 N–H and O–H groups in total. The number of hydrogen-bond acceptors (Lipinski definition) is 5. The van der Waals surface area contributed by atoms with Crippen molar-refractivity contribution in [2.24, 2.45) is 0 Å². The highest BCUT2D eigenvalue weighted by Gasteiger charge is 2.23. The number of nitrogens with zero attached hydrogens (tertiary/aromatic N) is 2. The first kappa shape index (κ1) is 21.2. The van der Waals surface area contributed by atoms with Gasteiger partial charge in [-0.05, 0) is 30.5 Å². The van der Waals surface area contributed by atoms with E-state index in [0.717, 1.165) is 19.5 Å². The smallest absolute Gasteiger partial charge is 0.372 e. The molecule has 2 rings (SSSR count). The van der Waals surface area contributed by atoms with Crippen LogP contribution in [0, 0.1) is 10.1 Å². The number of carboxylic acids is 1. The van der Waals surface area contributed by atoms with Crippen LogP contribution in [0.15, 0.2) is 48.5 Å². The quantitative estimate of drug-likeness (QED) is 0.363. The number of carbonyl (C=O) groups excluding carboxylic acids is 1. The molecular formula is C21H24N2O5. The van der Waals surface area contributed by atoms with E-state index in [9.17, 15) is 19.7 Å². The Hall–Kier alpha value is -3.06. The Balaban J connectivity index is 2.20. The minimum absolute atomic E-state index is 0.191. The molecule has 0 spiro atoms. The highest BCUT2D eigenvalue weighted by molar-refractivity contribution is 6.33. The van der Waals surface area contributed by atoms with E-state index in [1.54, 1.807) is 12.1 Å². The molecule has 0 unspecified atom stereocenters. The van der Waals surface area contributed by atoms with Gasteiger partial charge in [0.1, 0.15) is 0 Å². The first-order valence-electron chi connectivity index (χ1n) is 9.20. The zero-order valence-corrected chi connectivity index (χ0v) is 15.8. The second-order valence-electron chi connectivity index (χ2n) is 6.59. The van der Waals surface area contributed by atoms with Crippen molar-refractivity contribution in [1.29, 1.82) is 0 Å². The third-order valence-electron chi connectivity index (χ3n) is 4.51.